The van der Waals surface area contributed by atoms with Crippen molar-refractivity contribution >= 4 is 28.5 Å². The third-order valence-corrected chi connectivity index (χ3v) is 4.37. The van der Waals surface area contributed by atoms with Crippen LogP contribution in [0.5, 0.6) is 0 Å². The van der Waals surface area contributed by atoms with E-state index in [2.05, 4.69) is 20.9 Å². The van der Waals surface area contributed by atoms with Gasteiger partial charge in [0.1, 0.15) is 5.52 Å². The predicted octanol–water partition coefficient (Wildman–Crippen LogP) is 2.60. The van der Waals surface area contributed by atoms with Crippen molar-refractivity contribution in [2.24, 2.45) is 0 Å². The molecule has 1 fully saturated rings. The first-order valence-electron chi connectivity index (χ1n) is 8.69. The molecule has 4 rings (SSSR count). The molecular formula is C19H19N5O2. The topological polar surface area (TPSA) is 88.9 Å². The molecule has 0 radical (unpaired) electrons. The second-order valence-corrected chi connectivity index (χ2v) is 6.39. The molecule has 7 heteroatoms. The summed E-state index contributed by atoms with van der Waals surface area (Å²) in [5.41, 5.74) is 3.18. The molecule has 2 N–H and O–H groups in total. The zero-order valence-electron chi connectivity index (χ0n) is 14.4. The number of anilines is 1. The Hall–Kier alpha value is -3.22. The van der Waals surface area contributed by atoms with Crippen LogP contribution < -0.4 is 10.6 Å². The van der Waals surface area contributed by atoms with E-state index in [1.54, 1.807) is 41.1 Å². The van der Waals surface area contributed by atoms with Gasteiger partial charge in [-0.1, -0.05) is 11.3 Å². The van der Waals surface area contributed by atoms with Gasteiger partial charge in [-0.15, -0.1) is 5.10 Å². The highest BCUT2D eigenvalue weighted by Crippen LogP contribution is 2.20. The monoisotopic (exact) mass is 349 g/mol. The predicted molar refractivity (Wildman–Crippen MR) is 98.1 cm³/mol. The fourth-order valence-electron chi connectivity index (χ4n) is 2.78. The van der Waals surface area contributed by atoms with Gasteiger partial charge in [0.15, 0.2) is 0 Å². The summed E-state index contributed by atoms with van der Waals surface area (Å²) in [5.74, 6) is -0.362. The summed E-state index contributed by atoms with van der Waals surface area (Å²) in [6.45, 7) is 2.71. The number of aromatic nitrogens is 3. The van der Waals surface area contributed by atoms with Gasteiger partial charge < -0.3 is 10.6 Å². The van der Waals surface area contributed by atoms with E-state index in [0.717, 1.165) is 24.9 Å². The molecule has 2 amide bonds. The van der Waals surface area contributed by atoms with E-state index in [0.29, 0.717) is 28.4 Å². The van der Waals surface area contributed by atoms with Crippen molar-refractivity contribution in [2.75, 3.05) is 5.32 Å². The molecule has 1 aromatic heterocycles. The van der Waals surface area contributed by atoms with Crippen LogP contribution in [-0.4, -0.2) is 32.9 Å². The maximum absolute atomic E-state index is 12.5. The zero-order chi connectivity index (χ0) is 18.1. The first-order valence-corrected chi connectivity index (χ1v) is 8.69. The molecule has 3 aromatic rings. The summed E-state index contributed by atoms with van der Waals surface area (Å²) >= 11 is 0. The second kappa shape index (κ2) is 6.59. The summed E-state index contributed by atoms with van der Waals surface area (Å²) in [6, 6.07) is 12.5. The lowest BCUT2D eigenvalue weighted by Gasteiger charge is -2.08. The van der Waals surface area contributed by atoms with E-state index < -0.39 is 0 Å². The molecule has 1 aliphatic carbocycles. The van der Waals surface area contributed by atoms with E-state index in [1.807, 2.05) is 13.0 Å². The van der Waals surface area contributed by atoms with E-state index in [9.17, 15) is 9.59 Å². The Morgan fingerprint density at radius 1 is 1.12 bits per heavy atom. The normalized spacial score (nSPS) is 13.6. The van der Waals surface area contributed by atoms with Crippen molar-refractivity contribution in [2.45, 2.75) is 32.4 Å². The fraction of sp³-hybridized carbons (Fsp3) is 0.263. The third kappa shape index (κ3) is 3.28. The van der Waals surface area contributed by atoms with Crippen LogP contribution in [0.4, 0.5) is 5.69 Å². The van der Waals surface area contributed by atoms with Gasteiger partial charge in [-0.2, -0.15) is 0 Å². The number of hydrogen-bond donors (Lipinski definition) is 2. The van der Waals surface area contributed by atoms with Crippen LogP contribution in [0.25, 0.3) is 11.0 Å². The Morgan fingerprint density at radius 3 is 2.69 bits per heavy atom. The van der Waals surface area contributed by atoms with Gasteiger partial charge in [0.05, 0.1) is 5.52 Å². The molecule has 0 atom stereocenters. The average molecular weight is 349 g/mol. The lowest BCUT2D eigenvalue weighted by molar-refractivity contribution is 0.0949. The number of fused-ring (bicyclic) bond motifs is 1. The number of carbonyl (C=O) groups excluding carboxylic acids is 2. The number of amides is 2. The molecule has 2 aromatic carbocycles. The molecule has 26 heavy (non-hydrogen) atoms. The quantitative estimate of drug-likeness (QED) is 0.741. The van der Waals surface area contributed by atoms with E-state index in [4.69, 9.17) is 0 Å². The minimum absolute atomic E-state index is 0.110. The van der Waals surface area contributed by atoms with Crippen LogP contribution in [-0.2, 0) is 6.54 Å². The average Bonchev–Trinajstić information content (AvgIpc) is 3.37. The molecule has 0 aliphatic heterocycles. The van der Waals surface area contributed by atoms with Gasteiger partial charge in [0.2, 0.25) is 0 Å². The largest absolute Gasteiger partial charge is 0.349 e. The SMILES string of the molecule is CCn1nnc2cc(C(=O)Nc3cccc(C(=O)NC4CC4)c3)ccc21. The minimum Gasteiger partial charge on any atom is -0.349 e. The van der Waals surface area contributed by atoms with Crippen LogP contribution in [0.15, 0.2) is 42.5 Å². The summed E-state index contributed by atoms with van der Waals surface area (Å²) in [6.07, 6.45) is 2.07. The van der Waals surface area contributed by atoms with Crippen LogP contribution in [0.3, 0.4) is 0 Å². The first-order chi connectivity index (χ1) is 12.6. The summed E-state index contributed by atoms with van der Waals surface area (Å²) in [5, 5.41) is 13.9. The Bertz CT molecular complexity index is 991. The highest BCUT2D eigenvalue weighted by molar-refractivity contribution is 6.06. The van der Waals surface area contributed by atoms with Crippen LogP contribution in [0.2, 0.25) is 0 Å². The number of rotatable bonds is 5. The van der Waals surface area contributed by atoms with Crippen LogP contribution in [0.1, 0.15) is 40.5 Å². The molecule has 1 heterocycles. The van der Waals surface area contributed by atoms with E-state index in [1.165, 1.54) is 0 Å². The molecule has 1 aliphatic rings. The third-order valence-electron chi connectivity index (χ3n) is 4.37. The molecule has 0 bridgehead atoms. The Morgan fingerprint density at radius 2 is 1.92 bits per heavy atom. The van der Waals surface area contributed by atoms with E-state index >= 15 is 0 Å². The number of benzene rings is 2. The Labute approximate surface area is 150 Å². The maximum atomic E-state index is 12.5. The summed E-state index contributed by atoms with van der Waals surface area (Å²) in [7, 11) is 0. The minimum atomic E-state index is -0.252. The van der Waals surface area contributed by atoms with Crippen LogP contribution in [0, 0.1) is 0 Å². The van der Waals surface area contributed by atoms with Gasteiger partial charge in [-0.3, -0.25) is 9.59 Å². The van der Waals surface area contributed by atoms with Crippen molar-refractivity contribution < 1.29 is 9.59 Å². The van der Waals surface area contributed by atoms with Crippen molar-refractivity contribution in [3.8, 4) is 0 Å². The number of carbonyl (C=O) groups is 2. The molecule has 7 nitrogen and oxygen atoms in total. The molecule has 0 spiro atoms. The van der Waals surface area contributed by atoms with Crippen molar-refractivity contribution in [1.29, 1.82) is 0 Å². The van der Waals surface area contributed by atoms with E-state index in [-0.39, 0.29) is 11.8 Å². The first kappa shape index (κ1) is 16.3. The van der Waals surface area contributed by atoms with Gasteiger partial charge >= 0.3 is 0 Å². The van der Waals surface area contributed by atoms with Crippen molar-refractivity contribution in [3.63, 3.8) is 0 Å². The number of nitrogens with one attached hydrogen (secondary N) is 2. The maximum Gasteiger partial charge on any atom is 0.255 e. The molecule has 0 unspecified atom stereocenters. The van der Waals surface area contributed by atoms with Gasteiger partial charge in [-0.05, 0) is 56.2 Å². The Kier molecular flexibility index (Phi) is 4.12. The van der Waals surface area contributed by atoms with Gasteiger partial charge in [0, 0.05) is 29.4 Å². The zero-order valence-corrected chi connectivity index (χ0v) is 14.4. The van der Waals surface area contributed by atoms with Crippen molar-refractivity contribution in [3.05, 3.63) is 53.6 Å². The number of aryl methyl sites for hydroxylation is 1. The van der Waals surface area contributed by atoms with Crippen LogP contribution >= 0.6 is 0 Å². The van der Waals surface area contributed by atoms with Gasteiger partial charge in [0.25, 0.3) is 11.8 Å². The molecule has 1 saturated carbocycles. The Balaban J connectivity index is 1.51. The summed E-state index contributed by atoms with van der Waals surface area (Å²) in [4.78, 5) is 24.7. The number of hydrogen-bond acceptors (Lipinski definition) is 4. The lowest BCUT2D eigenvalue weighted by atomic mass is 10.1. The van der Waals surface area contributed by atoms with Gasteiger partial charge in [-0.25, -0.2) is 4.68 Å². The highest BCUT2D eigenvalue weighted by Gasteiger charge is 2.23. The summed E-state index contributed by atoms with van der Waals surface area (Å²) < 4.78 is 1.78. The smallest absolute Gasteiger partial charge is 0.255 e. The lowest BCUT2D eigenvalue weighted by Crippen LogP contribution is -2.25. The standard InChI is InChI=1S/C19H19N5O2/c1-2-24-17-9-6-13(11-16(17)22-23-24)19(26)21-15-5-3-4-12(10-15)18(25)20-14-7-8-14/h3-6,9-11,14H,2,7-8H2,1H3,(H,20,25)(H,21,26). The fourth-order valence-corrected chi connectivity index (χ4v) is 2.78. The molecule has 132 valence electrons. The van der Waals surface area contributed by atoms with Crippen molar-refractivity contribution in [1.82, 2.24) is 20.3 Å². The number of nitrogens with zero attached hydrogens (tertiary/aromatic N) is 3. The second-order valence-electron chi connectivity index (χ2n) is 6.39. The molecular weight excluding hydrogens is 330 g/mol. The highest BCUT2D eigenvalue weighted by atomic mass is 16.2. The molecule has 0 saturated heterocycles.